The van der Waals surface area contributed by atoms with E-state index in [-0.39, 0.29) is 29.8 Å². The SMILES string of the molecule is CCC(C)C1NC(=O)C(CC(C)C)N(CC)C1=O. The highest BCUT2D eigenvalue weighted by molar-refractivity contribution is 5.97. The number of likely N-dealkylation sites (N-methyl/N-ethyl adjacent to an activating group) is 1. The number of nitrogens with zero attached hydrogens (tertiary/aromatic N) is 1. The van der Waals surface area contributed by atoms with Gasteiger partial charge in [0.05, 0.1) is 0 Å². The summed E-state index contributed by atoms with van der Waals surface area (Å²) in [6, 6.07) is -0.631. The zero-order chi connectivity index (χ0) is 13.9. The maximum atomic E-state index is 12.4. The van der Waals surface area contributed by atoms with Crippen molar-refractivity contribution in [1.82, 2.24) is 10.2 Å². The highest BCUT2D eigenvalue weighted by atomic mass is 16.2. The van der Waals surface area contributed by atoms with Gasteiger partial charge in [-0.2, -0.15) is 0 Å². The summed E-state index contributed by atoms with van der Waals surface area (Å²) in [5.74, 6) is 0.686. The maximum Gasteiger partial charge on any atom is 0.246 e. The predicted molar refractivity (Wildman–Crippen MR) is 72.0 cm³/mol. The fraction of sp³-hybridized carbons (Fsp3) is 0.857. The molecule has 1 N–H and O–H groups in total. The van der Waals surface area contributed by atoms with Crippen molar-refractivity contribution in [2.45, 2.75) is 59.5 Å². The molecule has 1 rings (SSSR count). The van der Waals surface area contributed by atoms with Crippen LogP contribution in [0.15, 0.2) is 0 Å². The summed E-state index contributed by atoms with van der Waals surface area (Å²) >= 11 is 0. The van der Waals surface area contributed by atoms with Crippen molar-refractivity contribution in [3.63, 3.8) is 0 Å². The summed E-state index contributed by atoms with van der Waals surface area (Å²) in [6.45, 7) is 10.8. The molecule has 1 aliphatic rings. The normalized spacial score (nSPS) is 26.4. The molecule has 4 nitrogen and oxygen atoms in total. The van der Waals surface area contributed by atoms with Crippen LogP contribution >= 0.6 is 0 Å². The molecule has 0 aromatic carbocycles. The molecule has 4 heteroatoms. The number of hydrogen-bond acceptors (Lipinski definition) is 2. The second-order valence-corrected chi connectivity index (χ2v) is 5.64. The predicted octanol–water partition coefficient (Wildman–Crippen LogP) is 1.79. The lowest BCUT2D eigenvalue weighted by Crippen LogP contribution is -2.65. The van der Waals surface area contributed by atoms with Crippen molar-refractivity contribution < 1.29 is 9.59 Å². The third kappa shape index (κ3) is 3.03. The summed E-state index contributed by atoms with van der Waals surface area (Å²) in [6.07, 6.45) is 1.63. The molecule has 1 heterocycles. The summed E-state index contributed by atoms with van der Waals surface area (Å²) in [7, 11) is 0. The lowest BCUT2D eigenvalue weighted by Gasteiger charge is -2.40. The average molecular weight is 254 g/mol. The van der Waals surface area contributed by atoms with Crippen molar-refractivity contribution in [3.8, 4) is 0 Å². The zero-order valence-electron chi connectivity index (χ0n) is 12.2. The van der Waals surface area contributed by atoms with E-state index in [1.807, 2.05) is 20.8 Å². The third-order valence-corrected chi connectivity index (χ3v) is 3.77. The van der Waals surface area contributed by atoms with Crippen LogP contribution < -0.4 is 5.32 Å². The van der Waals surface area contributed by atoms with Crippen molar-refractivity contribution in [3.05, 3.63) is 0 Å². The van der Waals surface area contributed by atoms with Crippen molar-refractivity contribution in [1.29, 1.82) is 0 Å². The van der Waals surface area contributed by atoms with Gasteiger partial charge in [0.1, 0.15) is 12.1 Å². The third-order valence-electron chi connectivity index (χ3n) is 3.77. The molecule has 3 unspecified atom stereocenters. The topological polar surface area (TPSA) is 49.4 Å². The van der Waals surface area contributed by atoms with E-state index in [2.05, 4.69) is 19.2 Å². The van der Waals surface area contributed by atoms with Crippen LogP contribution in [0.5, 0.6) is 0 Å². The van der Waals surface area contributed by atoms with E-state index in [1.54, 1.807) is 4.90 Å². The van der Waals surface area contributed by atoms with Crippen LogP contribution in [0.25, 0.3) is 0 Å². The van der Waals surface area contributed by atoms with Gasteiger partial charge >= 0.3 is 0 Å². The first-order chi connectivity index (χ1) is 8.42. The Morgan fingerprint density at radius 3 is 2.28 bits per heavy atom. The zero-order valence-corrected chi connectivity index (χ0v) is 12.2. The molecule has 0 aromatic rings. The molecular formula is C14H26N2O2. The Morgan fingerprint density at radius 2 is 1.83 bits per heavy atom. The van der Waals surface area contributed by atoms with Crippen LogP contribution in [-0.2, 0) is 9.59 Å². The quantitative estimate of drug-likeness (QED) is 0.813. The Labute approximate surface area is 110 Å². The van der Waals surface area contributed by atoms with Crippen molar-refractivity contribution in [2.75, 3.05) is 6.54 Å². The monoisotopic (exact) mass is 254 g/mol. The van der Waals surface area contributed by atoms with Crippen LogP contribution in [-0.4, -0.2) is 35.3 Å². The highest BCUT2D eigenvalue weighted by Gasteiger charge is 2.41. The average Bonchev–Trinajstić information content (AvgIpc) is 2.32. The number of piperazine rings is 1. The van der Waals surface area contributed by atoms with Gasteiger partial charge in [-0.25, -0.2) is 0 Å². The van der Waals surface area contributed by atoms with Crippen LogP contribution in [0.1, 0.15) is 47.5 Å². The Hall–Kier alpha value is -1.06. The summed E-state index contributed by atoms with van der Waals surface area (Å²) in [5.41, 5.74) is 0. The molecule has 1 saturated heterocycles. The maximum absolute atomic E-state index is 12.4. The van der Waals surface area contributed by atoms with Gasteiger partial charge in [-0.3, -0.25) is 9.59 Å². The van der Waals surface area contributed by atoms with E-state index in [4.69, 9.17) is 0 Å². The number of carbonyl (C=O) groups excluding carboxylic acids is 2. The van der Waals surface area contributed by atoms with Crippen LogP contribution in [0.3, 0.4) is 0 Å². The summed E-state index contributed by atoms with van der Waals surface area (Å²) < 4.78 is 0. The number of amides is 2. The van der Waals surface area contributed by atoms with Gasteiger partial charge in [0, 0.05) is 6.54 Å². The van der Waals surface area contributed by atoms with Crippen LogP contribution in [0.4, 0.5) is 0 Å². The second-order valence-electron chi connectivity index (χ2n) is 5.64. The summed E-state index contributed by atoms with van der Waals surface area (Å²) in [4.78, 5) is 26.3. The van der Waals surface area contributed by atoms with Gasteiger partial charge in [0.15, 0.2) is 0 Å². The molecule has 0 bridgehead atoms. The molecular weight excluding hydrogens is 228 g/mol. The Morgan fingerprint density at radius 1 is 1.22 bits per heavy atom. The smallest absolute Gasteiger partial charge is 0.246 e. The van der Waals surface area contributed by atoms with Gasteiger partial charge in [-0.15, -0.1) is 0 Å². The van der Waals surface area contributed by atoms with E-state index < -0.39 is 0 Å². The number of nitrogens with one attached hydrogen (secondary N) is 1. The lowest BCUT2D eigenvalue weighted by atomic mass is 9.91. The number of hydrogen-bond donors (Lipinski definition) is 1. The first-order valence-corrected chi connectivity index (χ1v) is 7.03. The number of rotatable bonds is 5. The molecule has 18 heavy (non-hydrogen) atoms. The molecule has 3 atom stereocenters. The molecule has 2 amide bonds. The van der Waals surface area contributed by atoms with Crippen molar-refractivity contribution >= 4 is 11.8 Å². The van der Waals surface area contributed by atoms with Gasteiger partial charge < -0.3 is 10.2 Å². The number of carbonyl (C=O) groups is 2. The minimum absolute atomic E-state index is 0.00968. The molecule has 1 fully saturated rings. The van der Waals surface area contributed by atoms with Gasteiger partial charge in [-0.1, -0.05) is 34.1 Å². The molecule has 0 spiro atoms. The van der Waals surface area contributed by atoms with Gasteiger partial charge in [-0.05, 0) is 25.2 Å². The fourth-order valence-electron chi connectivity index (χ4n) is 2.46. The first kappa shape index (κ1) is 15.0. The molecule has 0 aromatic heterocycles. The fourth-order valence-corrected chi connectivity index (χ4v) is 2.46. The van der Waals surface area contributed by atoms with E-state index in [9.17, 15) is 9.59 Å². The highest BCUT2D eigenvalue weighted by Crippen LogP contribution is 2.21. The molecule has 0 radical (unpaired) electrons. The Balaban J connectivity index is 2.89. The second kappa shape index (κ2) is 6.21. The van der Waals surface area contributed by atoms with E-state index in [1.165, 1.54) is 0 Å². The molecule has 0 saturated carbocycles. The van der Waals surface area contributed by atoms with E-state index in [0.29, 0.717) is 12.5 Å². The lowest BCUT2D eigenvalue weighted by molar-refractivity contribution is -0.151. The van der Waals surface area contributed by atoms with Crippen LogP contribution in [0.2, 0.25) is 0 Å². The van der Waals surface area contributed by atoms with Crippen molar-refractivity contribution in [2.24, 2.45) is 11.8 Å². The largest absolute Gasteiger partial charge is 0.342 e. The standard InChI is InChI=1S/C14H26N2O2/c1-6-10(5)12-14(18)16(7-2)11(8-9(3)4)13(17)15-12/h9-12H,6-8H2,1-5H3,(H,15,17). The Kier molecular flexibility index (Phi) is 5.17. The first-order valence-electron chi connectivity index (χ1n) is 7.03. The van der Waals surface area contributed by atoms with E-state index in [0.717, 1.165) is 12.8 Å². The minimum atomic E-state index is -0.342. The van der Waals surface area contributed by atoms with Gasteiger partial charge in [0.25, 0.3) is 0 Å². The minimum Gasteiger partial charge on any atom is -0.342 e. The Bertz CT molecular complexity index is 315. The molecule has 1 aliphatic heterocycles. The summed E-state index contributed by atoms with van der Waals surface area (Å²) in [5, 5.41) is 2.91. The van der Waals surface area contributed by atoms with Gasteiger partial charge in [0.2, 0.25) is 11.8 Å². The van der Waals surface area contributed by atoms with E-state index >= 15 is 0 Å². The molecule has 104 valence electrons. The van der Waals surface area contributed by atoms with Crippen LogP contribution in [0, 0.1) is 11.8 Å². The molecule has 0 aliphatic carbocycles.